The Morgan fingerprint density at radius 1 is 0.750 bits per heavy atom. The van der Waals surface area contributed by atoms with Crippen molar-refractivity contribution in [2.45, 2.75) is 70.2 Å². The van der Waals surface area contributed by atoms with E-state index in [1.54, 1.807) is 19.9 Å². The number of nitrogens with one attached hydrogen (secondary N) is 1. The summed E-state index contributed by atoms with van der Waals surface area (Å²) in [6.07, 6.45) is -0.561. The third kappa shape index (κ3) is 11.9. The van der Waals surface area contributed by atoms with Crippen LogP contribution in [-0.2, 0) is 18.9 Å². The highest BCUT2D eigenvalue weighted by atomic mass is 16.7. The Labute approximate surface area is 370 Å². The molecule has 1 aliphatic carbocycles. The fourth-order valence-corrected chi connectivity index (χ4v) is 8.14. The minimum absolute atomic E-state index is 0.0118. The lowest BCUT2D eigenvalue weighted by molar-refractivity contribution is -0.384. The fraction of sp³-hybridized carbons (Fsp3) is 0.347. The van der Waals surface area contributed by atoms with Gasteiger partial charge in [-0.2, -0.15) is 0 Å². The van der Waals surface area contributed by atoms with E-state index in [0.717, 1.165) is 47.2 Å². The normalized spacial score (nSPS) is 16.4. The van der Waals surface area contributed by atoms with Gasteiger partial charge in [-0.05, 0) is 74.4 Å². The van der Waals surface area contributed by atoms with Gasteiger partial charge < -0.3 is 44.0 Å². The summed E-state index contributed by atoms with van der Waals surface area (Å²) in [5, 5.41) is 41.1. The smallest absolute Gasteiger partial charge is 0.490 e. The quantitative estimate of drug-likeness (QED) is 0.0309. The number of non-ortho nitro benzene ring substituents is 1. The molecule has 15 heteroatoms. The van der Waals surface area contributed by atoms with Crippen molar-refractivity contribution < 1.29 is 53.1 Å². The standard InChI is InChI=1S/C49H53N3O12/c1-32-46(45(36-17-9-18-37(27-36)52(57)58)47(33(2)50-32)64-49(56)62-40-19-5-6-20-40)63-48(55)59-26-12-25-51(28-38(53)30-60-43-23-10-15-34-13-3-7-21-41(34)43)29-39(54)31-61-44-24-11-16-35-14-4-8-22-42(35)44/h3-4,7-11,13-18,21-24,27,38-40,45,50,53-54H,5-6,12,19-20,25-26,28-31H2,1-2H3. The molecule has 5 aromatic carbocycles. The first-order valence-electron chi connectivity index (χ1n) is 21.5. The number of hydrogen-bond donors (Lipinski definition) is 3. The number of benzene rings is 5. The SMILES string of the molecule is CC1=C(OC(=O)OCCCN(CC(O)COc2cccc3ccccc23)CC(O)COc2cccc3ccccc23)C(c2cccc([N+](=O)[O-])c2)C(OC(=O)OC2CCCC2)=C(C)N1. The van der Waals surface area contributed by atoms with Crippen LogP contribution in [0.2, 0.25) is 0 Å². The summed E-state index contributed by atoms with van der Waals surface area (Å²) in [7, 11) is 0. The van der Waals surface area contributed by atoms with E-state index in [1.807, 2.05) is 89.8 Å². The molecule has 0 amide bonds. The second kappa shape index (κ2) is 21.6. The monoisotopic (exact) mass is 875 g/mol. The maximum absolute atomic E-state index is 13.4. The number of hydrogen-bond acceptors (Lipinski definition) is 14. The van der Waals surface area contributed by atoms with Gasteiger partial charge in [-0.25, -0.2) is 9.59 Å². The fourth-order valence-electron chi connectivity index (χ4n) is 8.14. The number of allylic oxidation sites excluding steroid dienone is 2. The number of fused-ring (bicyclic) bond motifs is 2. The van der Waals surface area contributed by atoms with Crippen LogP contribution < -0.4 is 14.8 Å². The molecule has 1 saturated carbocycles. The van der Waals surface area contributed by atoms with Gasteiger partial charge in [-0.15, -0.1) is 0 Å². The Bertz CT molecular complexity index is 2400. The van der Waals surface area contributed by atoms with Gasteiger partial charge in [-0.1, -0.05) is 84.9 Å². The van der Waals surface area contributed by atoms with Gasteiger partial charge >= 0.3 is 12.3 Å². The molecule has 0 saturated heterocycles. The van der Waals surface area contributed by atoms with Crippen molar-refractivity contribution in [2.24, 2.45) is 0 Å². The summed E-state index contributed by atoms with van der Waals surface area (Å²) in [6, 6.07) is 32.8. The van der Waals surface area contributed by atoms with E-state index in [0.29, 0.717) is 35.0 Å². The van der Waals surface area contributed by atoms with Crippen LogP contribution in [0.3, 0.4) is 0 Å². The van der Waals surface area contributed by atoms with Crippen LogP contribution in [0.15, 0.2) is 132 Å². The number of nitrogens with zero attached hydrogens (tertiary/aromatic N) is 2. The Hall–Kier alpha value is -6.68. The van der Waals surface area contributed by atoms with Crippen LogP contribution in [0.5, 0.6) is 11.5 Å². The van der Waals surface area contributed by atoms with E-state index in [-0.39, 0.29) is 62.6 Å². The predicted molar refractivity (Wildman–Crippen MR) is 239 cm³/mol. The van der Waals surface area contributed by atoms with Gasteiger partial charge in [0.1, 0.15) is 60.5 Å². The van der Waals surface area contributed by atoms with E-state index in [1.165, 1.54) is 18.2 Å². The number of carbonyl (C=O) groups excluding carboxylic acids is 2. The van der Waals surface area contributed by atoms with Crippen LogP contribution in [0, 0.1) is 10.1 Å². The zero-order chi connectivity index (χ0) is 45.0. The number of nitro benzene ring substituents is 1. The first-order chi connectivity index (χ1) is 31.0. The predicted octanol–water partition coefficient (Wildman–Crippen LogP) is 8.87. The van der Waals surface area contributed by atoms with Crippen LogP contribution >= 0.6 is 0 Å². The third-order valence-corrected chi connectivity index (χ3v) is 11.1. The van der Waals surface area contributed by atoms with E-state index >= 15 is 0 Å². The molecule has 5 aromatic rings. The van der Waals surface area contributed by atoms with Crippen LogP contribution in [0.25, 0.3) is 21.5 Å². The lowest BCUT2D eigenvalue weighted by Crippen LogP contribution is -2.42. The molecule has 3 atom stereocenters. The molecular weight excluding hydrogens is 823 g/mol. The molecule has 2 aliphatic rings. The molecule has 1 aliphatic heterocycles. The highest BCUT2D eigenvalue weighted by Crippen LogP contribution is 2.41. The number of nitro groups is 1. The van der Waals surface area contributed by atoms with Crippen molar-refractivity contribution in [3.05, 3.63) is 148 Å². The summed E-state index contributed by atoms with van der Waals surface area (Å²) < 4.78 is 34.8. The Morgan fingerprint density at radius 3 is 1.86 bits per heavy atom. The van der Waals surface area contributed by atoms with Crippen molar-refractivity contribution >= 4 is 39.5 Å². The van der Waals surface area contributed by atoms with Crippen molar-refractivity contribution in [3.8, 4) is 11.5 Å². The lowest BCUT2D eigenvalue weighted by Gasteiger charge is -2.30. The molecule has 0 spiro atoms. The summed E-state index contributed by atoms with van der Waals surface area (Å²) in [5.74, 6) is 0.302. The van der Waals surface area contributed by atoms with Gasteiger partial charge in [0, 0.05) is 42.5 Å². The maximum Gasteiger partial charge on any atom is 0.513 e. The highest BCUT2D eigenvalue weighted by Gasteiger charge is 2.37. The summed E-state index contributed by atoms with van der Waals surface area (Å²) in [6.45, 7) is 3.75. The number of aliphatic hydroxyl groups excluding tert-OH is 2. The van der Waals surface area contributed by atoms with E-state index < -0.39 is 35.4 Å². The van der Waals surface area contributed by atoms with Crippen molar-refractivity contribution in [1.29, 1.82) is 0 Å². The van der Waals surface area contributed by atoms with Gasteiger partial charge in [0.05, 0.1) is 22.9 Å². The molecule has 15 nitrogen and oxygen atoms in total. The van der Waals surface area contributed by atoms with Crippen LogP contribution in [0.1, 0.15) is 57.4 Å². The van der Waals surface area contributed by atoms with Crippen molar-refractivity contribution in [1.82, 2.24) is 10.2 Å². The molecule has 3 N–H and O–H groups in total. The number of carbonyl (C=O) groups is 2. The lowest BCUT2D eigenvalue weighted by atomic mass is 9.90. The molecule has 0 radical (unpaired) electrons. The molecule has 0 aromatic heterocycles. The largest absolute Gasteiger partial charge is 0.513 e. The van der Waals surface area contributed by atoms with E-state index in [2.05, 4.69) is 5.32 Å². The topological polar surface area (TPSA) is 188 Å². The summed E-state index contributed by atoms with van der Waals surface area (Å²) in [4.78, 5) is 39.5. The molecule has 3 unspecified atom stereocenters. The second-order valence-electron chi connectivity index (χ2n) is 16.0. The number of dihydropyridines is 1. The molecule has 1 fully saturated rings. The maximum atomic E-state index is 13.4. The highest BCUT2D eigenvalue weighted by molar-refractivity contribution is 5.89. The van der Waals surface area contributed by atoms with E-state index in [9.17, 15) is 29.9 Å². The van der Waals surface area contributed by atoms with Gasteiger partial charge in [0.25, 0.3) is 5.69 Å². The average molecular weight is 876 g/mol. The number of aliphatic hydroxyl groups is 2. The zero-order valence-electron chi connectivity index (χ0n) is 35.9. The van der Waals surface area contributed by atoms with Gasteiger partial charge in [-0.3, -0.25) is 15.0 Å². The number of rotatable bonds is 19. The minimum atomic E-state index is -1.06. The summed E-state index contributed by atoms with van der Waals surface area (Å²) in [5.41, 5.74) is 0.948. The molecule has 64 heavy (non-hydrogen) atoms. The number of ether oxygens (including phenoxy) is 6. The second-order valence-corrected chi connectivity index (χ2v) is 16.0. The Morgan fingerprint density at radius 2 is 1.28 bits per heavy atom. The van der Waals surface area contributed by atoms with Crippen molar-refractivity contribution in [3.63, 3.8) is 0 Å². The minimum Gasteiger partial charge on any atom is -0.490 e. The third-order valence-electron chi connectivity index (χ3n) is 11.1. The Balaban J connectivity index is 0.996. The van der Waals surface area contributed by atoms with E-state index in [4.69, 9.17) is 28.4 Å². The van der Waals surface area contributed by atoms with Gasteiger partial charge in [0.15, 0.2) is 0 Å². The zero-order valence-corrected chi connectivity index (χ0v) is 35.9. The van der Waals surface area contributed by atoms with Gasteiger partial charge in [0.2, 0.25) is 0 Å². The van der Waals surface area contributed by atoms with Crippen LogP contribution in [-0.4, -0.2) is 90.1 Å². The average Bonchev–Trinajstić information content (AvgIpc) is 3.81. The molecule has 7 rings (SSSR count). The Kier molecular flexibility index (Phi) is 15.3. The van der Waals surface area contributed by atoms with Crippen molar-refractivity contribution in [2.75, 3.05) is 39.5 Å². The molecular formula is C49H53N3O12. The first-order valence-corrected chi connectivity index (χ1v) is 21.5. The molecule has 336 valence electrons. The summed E-state index contributed by atoms with van der Waals surface area (Å²) >= 11 is 0. The first kappa shape index (κ1) is 45.3. The molecule has 1 heterocycles. The van der Waals surface area contributed by atoms with Crippen LogP contribution in [0.4, 0.5) is 15.3 Å². The molecule has 0 bridgehead atoms.